The molecule has 1 aliphatic heterocycles. The Balaban J connectivity index is 1.35. The van der Waals surface area contributed by atoms with Crippen molar-refractivity contribution in [2.75, 3.05) is 26.3 Å². The number of likely N-dealkylation sites (tertiary alicyclic amines) is 1. The first kappa shape index (κ1) is 27.7. The fourth-order valence-corrected chi connectivity index (χ4v) is 5.90. The van der Waals surface area contributed by atoms with Gasteiger partial charge < -0.3 is 14.6 Å². The summed E-state index contributed by atoms with van der Waals surface area (Å²) < 4.78 is 11.4. The molecule has 3 aromatic carbocycles. The summed E-state index contributed by atoms with van der Waals surface area (Å²) >= 11 is 1.81. The van der Waals surface area contributed by atoms with E-state index in [0.717, 1.165) is 28.8 Å². The standard InChI is InChI=1S/C34H35NO4S/c1-24-21-30(14-15-32(24)39-23-34(36)37)38-20-17-31(27-8-6-26(7-9-27)22-35-18-3-4-19-35)28-10-12-29(13-11-28)33-16-5-25(2)40-33/h5-17,21H,3-4,18-20,22-23H2,1-2H3,(H,36,37)/b31-17+. The Morgan fingerprint density at radius 1 is 0.900 bits per heavy atom. The predicted molar refractivity (Wildman–Crippen MR) is 162 cm³/mol. The maximum atomic E-state index is 10.8. The van der Waals surface area contributed by atoms with E-state index in [1.807, 2.05) is 30.4 Å². The maximum Gasteiger partial charge on any atom is 0.341 e. The Kier molecular flexibility index (Phi) is 8.99. The minimum Gasteiger partial charge on any atom is -0.489 e. The van der Waals surface area contributed by atoms with Crippen LogP contribution in [0.3, 0.4) is 0 Å². The molecule has 0 aliphatic carbocycles. The van der Waals surface area contributed by atoms with E-state index in [1.54, 1.807) is 6.07 Å². The van der Waals surface area contributed by atoms with Gasteiger partial charge in [-0.05, 0) is 110 Å². The van der Waals surface area contributed by atoms with Gasteiger partial charge in [0.25, 0.3) is 0 Å². The van der Waals surface area contributed by atoms with Gasteiger partial charge in [0.05, 0.1) is 0 Å². The molecule has 1 saturated heterocycles. The number of hydrogen-bond donors (Lipinski definition) is 1. The Bertz CT molecular complexity index is 1460. The summed E-state index contributed by atoms with van der Waals surface area (Å²) in [5.41, 5.74) is 6.81. The molecule has 2 heterocycles. The summed E-state index contributed by atoms with van der Waals surface area (Å²) in [6, 6.07) is 27.4. The van der Waals surface area contributed by atoms with Crippen molar-refractivity contribution in [3.05, 3.63) is 112 Å². The van der Waals surface area contributed by atoms with Gasteiger partial charge in [-0.2, -0.15) is 0 Å². The molecule has 1 N–H and O–H groups in total. The highest BCUT2D eigenvalue weighted by Gasteiger charge is 2.13. The van der Waals surface area contributed by atoms with Gasteiger partial charge in [-0.25, -0.2) is 4.79 Å². The van der Waals surface area contributed by atoms with Crippen LogP contribution < -0.4 is 9.47 Å². The van der Waals surface area contributed by atoms with Crippen LogP contribution in [0.15, 0.2) is 84.9 Å². The molecule has 0 unspecified atom stereocenters. The smallest absolute Gasteiger partial charge is 0.341 e. The third-order valence-electron chi connectivity index (χ3n) is 7.13. The Morgan fingerprint density at radius 3 is 2.23 bits per heavy atom. The molecule has 1 fully saturated rings. The summed E-state index contributed by atoms with van der Waals surface area (Å²) in [6.07, 6.45) is 4.72. The Hall–Kier alpha value is -3.87. The molecule has 40 heavy (non-hydrogen) atoms. The highest BCUT2D eigenvalue weighted by molar-refractivity contribution is 7.15. The normalized spacial score (nSPS) is 13.9. The molecule has 206 valence electrons. The van der Waals surface area contributed by atoms with Crippen molar-refractivity contribution < 1.29 is 19.4 Å². The highest BCUT2D eigenvalue weighted by atomic mass is 32.1. The zero-order valence-corrected chi connectivity index (χ0v) is 23.9. The number of carboxylic acids is 1. The summed E-state index contributed by atoms with van der Waals surface area (Å²) in [5, 5.41) is 8.87. The van der Waals surface area contributed by atoms with Gasteiger partial charge in [-0.15, -0.1) is 11.3 Å². The third kappa shape index (κ3) is 7.20. The molecular weight excluding hydrogens is 518 g/mol. The molecule has 0 amide bonds. The van der Waals surface area contributed by atoms with Gasteiger partial charge in [-0.1, -0.05) is 48.5 Å². The SMILES string of the molecule is Cc1ccc(-c2ccc(/C(=C/COc3ccc(OCC(=O)O)c(C)c3)c3ccc(CN4CCCC4)cc3)cc2)s1. The summed E-state index contributed by atoms with van der Waals surface area (Å²) in [5.74, 6) is 0.251. The molecule has 4 aromatic rings. The number of thiophene rings is 1. The van der Waals surface area contributed by atoms with Crippen LogP contribution in [0.25, 0.3) is 16.0 Å². The van der Waals surface area contributed by atoms with Crippen LogP contribution in [-0.2, 0) is 11.3 Å². The van der Waals surface area contributed by atoms with Gasteiger partial charge in [0, 0.05) is 16.3 Å². The number of aryl methyl sites for hydroxylation is 2. The second kappa shape index (κ2) is 13.0. The van der Waals surface area contributed by atoms with Crippen LogP contribution in [0, 0.1) is 13.8 Å². The first-order chi connectivity index (χ1) is 19.4. The lowest BCUT2D eigenvalue weighted by Gasteiger charge is -2.16. The van der Waals surface area contributed by atoms with Crippen LogP contribution in [0.5, 0.6) is 11.5 Å². The molecule has 6 heteroatoms. The third-order valence-corrected chi connectivity index (χ3v) is 8.18. The fourth-order valence-electron chi connectivity index (χ4n) is 5.03. The van der Waals surface area contributed by atoms with Crippen LogP contribution in [-0.4, -0.2) is 42.3 Å². The Labute approximate surface area is 240 Å². The van der Waals surface area contributed by atoms with Gasteiger partial charge >= 0.3 is 5.97 Å². The van der Waals surface area contributed by atoms with Crippen molar-refractivity contribution >= 4 is 22.9 Å². The van der Waals surface area contributed by atoms with Crippen molar-refractivity contribution in [2.24, 2.45) is 0 Å². The van der Waals surface area contributed by atoms with Crippen LogP contribution in [0.1, 0.15) is 40.0 Å². The fraction of sp³-hybridized carbons (Fsp3) is 0.265. The lowest BCUT2D eigenvalue weighted by atomic mass is 9.95. The predicted octanol–water partition coefficient (Wildman–Crippen LogP) is 7.60. The van der Waals surface area contributed by atoms with E-state index in [1.165, 1.54) is 46.8 Å². The molecule has 5 rings (SSSR count). The largest absolute Gasteiger partial charge is 0.489 e. The summed E-state index contributed by atoms with van der Waals surface area (Å²) in [7, 11) is 0. The number of benzene rings is 3. The van der Waals surface area contributed by atoms with E-state index < -0.39 is 5.97 Å². The van der Waals surface area contributed by atoms with Gasteiger partial charge in [-0.3, -0.25) is 4.90 Å². The number of rotatable bonds is 11. The minimum absolute atomic E-state index is 0.366. The number of nitrogens with zero attached hydrogens (tertiary/aromatic N) is 1. The minimum atomic E-state index is -1.000. The molecular formula is C34H35NO4S. The van der Waals surface area contributed by atoms with Crippen LogP contribution >= 0.6 is 11.3 Å². The van der Waals surface area contributed by atoms with E-state index in [0.29, 0.717) is 18.1 Å². The Morgan fingerprint density at radius 2 is 1.60 bits per heavy atom. The zero-order valence-electron chi connectivity index (χ0n) is 23.1. The van der Waals surface area contributed by atoms with Gasteiger partial charge in [0.15, 0.2) is 6.61 Å². The second-order valence-corrected chi connectivity index (χ2v) is 11.5. The molecule has 1 aromatic heterocycles. The average Bonchev–Trinajstić information content (AvgIpc) is 3.63. The number of carbonyl (C=O) groups is 1. The number of hydrogen-bond acceptors (Lipinski definition) is 5. The van der Waals surface area contributed by atoms with Crippen LogP contribution in [0.2, 0.25) is 0 Å². The van der Waals surface area contributed by atoms with Crippen molar-refractivity contribution in [1.29, 1.82) is 0 Å². The zero-order chi connectivity index (χ0) is 27.9. The number of aliphatic carboxylic acids is 1. The lowest BCUT2D eigenvalue weighted by Crippen LogP contribution is -2.18. The van der Waals surface area contributed by atoms with Crippen molar-refractivity contribution in [3.8, 4) is 21.9 Å². The molecule has 0 saturated carbocycles. The quantitative estimate of drug-likeness (QED) is 0.207. The molecule has 5 nitrogen and oxygen atoms in total. The molecule has 0 radical (unpaired) electrons. The van der Waals surface area contributed by atoms with Gasteiger partial charge in [0.1, 0.15) is 18.1 Å². The van der Waals surface area contributed by atoms with E-state index in [4.69, 9.17) is 14.6 Å². The number of carboxylic acid groups (broad SMARTS) is 1. The second-order valence-electron chi connectivity index (χ2n) is 10.2. The topological polar surface area (TPSA) is 59.0 Å². The van der Waals surface area contributed by atoms with Crippen molar-refractivity contribution in [3.63, 3.8) is 0 Å². The molecule has 1 aliphatic rings. The molecule has 0 atom stereocenters. The summed E-state index contributed by atoms with van der Waals surface area (Å²) in [4.78, 5) is 15.9. The van der Waals surface area contributed by atoms with Crippen LogP contribution in [0.4, 0.5) is 0 Å². The van der Waals surface area contributed by atoms with E-state index in [-0.39, 0.29) is 6.61 Å². The maximum absolute atomic E-state index is 10.8. The number of ether oxygens (including phenoxy) is 2. The average molecular weight is 554 g/mol. The first-order valence-corrected chi connectivity index (χ1v) is 14.5. The monoisotopic (exact) mass is 553 g/mol. The summed E-state index contributed by atoms with van der Waals surface area (Å²) in [6.45, 7) is 7.42. The van der Waals surface area contributed by atoms with E-state index >= 15 is 0 Å². The van der Waals surface area contributed by atoms with E-state index in [2.05, 4.69) is 78.6 Å². The van der Waals surface area contributed by atoms with E-state index in [9.17, 15) is 4.79 Å². The van der Waals surface area contributed by atoms with Crippen molar-refractivity contribution in [1.82, 2.24) is 4.90 Å². The molecule has 0 spiro atoms. The lowest BCUT2D eigenvalue weighted by molar-refractivity contribution is -0.139. The van der Waals surface area contributed by atoms with Crippen molar-refractivity contribution in [2.45, 2.75) is 33.2 Å². The first-order valence-electron chi connectivity index (χ1n) is 13.7. The highest BCUT2D eigenvalue weighted by Crippen LogP contribution is 2.31. The van der Waals surface area contributed by atoms with Gasteiger partial charge in [0.2, 0.25) is 0 Å². The molecule has 0 bridgehead atoms.